The lowest BCUT2D eigenvalue weighted by Gasteiger charge is -2.35. The zero-order chi connectivity index (χ0) is 21.4. The number of hydrogen-bond acceptors (Lipinski definition) is 1. The largest absolute Gasteiger partial charge is 0.356 e. The number of para-hydroxylation sites is 1. The molecule has 1 heteroatoms. The molecule has 0 amide bonds. The molecule has 0 saturated heterocycles. The topological polar surface area (TPSA) is 12.0 Å². The first-order valence-electron chi connectivity index (χ1n) is 11.4. The maximum absolute atomic E-state index is 3.52. The number of anilines is 2. The van der Waals surface area contributed by atoms with Gasteiger partial charge < -0.3 is 5.32 Å². The Kier molecular flexibility index (Phi) is 4.54. The molecular formula is C31H25N. The Morgan fingerprint density at radius 2 is 1.22 bits per heavy atom. The molecule has 0 heterocycles. The highest BCUT2D eigenvalue weighted by Gasteiger charge is 2.46. The molecule has 154 valence electrons. The van der Waals surface area contributed by atoms with Crippen LogP contribution in [0.3, 0.4) is 0 Å². The molecule has 0 spiro atoms. The summed E-state index contributed by atoms with van der Waals surface area (Å²) < 4.78 is 0. The van der Waals surface area contributed by atoms with Crippen molar-refractivity contribution in [1.29, 1.82) is 0 Å². The van der Waals surface area contributed by atoms with Crippen LogP contribution < -0.4 is 5.32 Å². The highest BCUT2D eigenvalue weighted by Crippen LogP contribution is 2.56. The van der Waals surface area contributed by atoms with Crippen LogP contribution in [0.5, 0.6) is 0 Å². The van der Waals surface area contributed by atoms with Crippen molar-refractivity contribution in [1.82, 2.24) is 0 Å². The first-order valence-corrected chi connectivity index (χ1v) is 11.4. The summed E-state index contributed by atoms with van der Waals surface area (Å²) in [5.41, 5.74) is 10.3. The highest BCUT2D eigenvalue weighted by molar-refractivity contribution is 5.88. The van der Waals surface area contributed by atoms with E-state index in [4.69, 9.17) is 0 Å². The van der Waals surface area contributed by atoms with Crippen LogP contribution >= 0.6 is 0 Å². The third kappa shape index (κ3) is 2.85. The Morgan fingerprint density at radius 3 is 2.00 bits per heavy atom. The van der Waals surface area contributed by atoms with Gasteiger partial charge in [0.15, 0.2) is 0 Å². The minimum absolute atomic E-state index is 0.282. The van der Waals surface area contributed by atoms with Gasteiger partial charge in [-0.15, -0.1) is 0 Å². The molecule has 2 aliphatic rings. The smallest absolute Gasteiger partial charge is 0.0710 e. The van der Waals surface area contributed by atoms with E-state index in [0.717, 1.165) is 24.2 Å². The zero-order valence-electron chi connectivity index (χ0n) is 18.0. The van der Waals surface area contributed by atoms with E-state index in [1.807, 2.05) is 6.07 Å². The van der Waals surface area contributed by atoms with Gasteiger partial charge in [-0.1, -0.05) is 97.1 Å². The van der Waals surface area contributed by atoms with Gasteiger partial charge in [-0.2, -0.15) is 0 Å². The van der Waals surface area contributed by atoms with Crippen LogP contribution in [0.2, 0.25) is 0 Å². The molecule has 0 aromatic heterocycles. The summed E-state index contributed by atoms with van der Waals surface area (Å²) in [6.07, 6.45) is 6.93. The molecule has 1 N–H and O–H groups in total. The summed E-state index contributed by atoms with van der Waals surface area (Å²) in [6, 6.07) is 39.3. The number of nitrogens with one attached hydrogen (secondary N) is 1. The number of benzene rings is 4. The van der Waals surface area contributed by atoms with Crippen molar-refractivity contribution in [2.24, 2.45) is 0 Å². The first-order chi connectivity index (χ1) is 15.9. The average molecular weight is 412 g/mol. The van der Waals surface area contributed by atoms with E-state index >= 15 is 0 Å². The number of rotatable bonds is 4. The summed E-state index contributed by atoms with van der Waals surface area (Å²) >= 11 is 0. The maximum atomic E-state index is 3.52. The van der Waals surface area contributed by atoms with Crippen LogP contribution in [0.1, 0.15) is 35.1 Å². The molecule has 4 aromatic rings. The van der Waals surface area contributed by atoms with E-state index < -0.39 is 0 Å². The molecule has 1 unspecified atom stereocenters. The number of allylic oxidation sites excluding steroid dienone is 4. The number of fused-ring (bicyclic) bond motifs is 2. The minimum atomic E-state index is -0.282. The van der Waals surface area contributed by atoms with Crippen molar-refractivity contribution in [3.63, 3.8) is 0 Å². The van der Waals surface area contributed by atoms with Crippen LogP contribution in [0.4, 0.5) is 11.4 Å². The number of hydrogen-bond donors (Lipinski definition) is 1. The fraction of sp³-hybridized carbons (Fsp3) is 0.0968. The lowest BCUT2D eigenvalue weighted by atomic mass is 9.66. The highest BCUT2D eigenvalue weighted by atomic mass is 14.9. The van der Waals surface area contributed by atoms with Crippen molar-refractivity contribution in [3.05, 3.63) is 149 Å². The van der Waals surface area contributed by atoms with Crippen molar-refractivity contribution in [2.45, 2.75) is 18.3 Å². The van der Waals surface area contributed by atoms with Gasteiger partial charge in [-0.3, -0.25) is 0 Å². The van der Waals surface area contributed by atoms with Gasteiger partial charge >= 0.3 is 0 Å². The van der Waals surface area contributed by atoms with Crippen LogP contribution in [0.15, 0.2) is 127 Å². The minimum Gasteiger partial charge on any atom is -0.356 e. The Balaban J connectivity index is 1.55. The Morgan fingerprint density at radius 1 is 0.594 bits per heavy atom. The van der Waals surface area contributed by atoms with E-state index in [0.29, 0.717) is 0 Å². The molecular weight excluding hydrogens is 386 g/mol. The van der Waals surface area contributed by atoms with Gasteiger partial charge in [0.25, 0.3) is 0 Å². The molecule has 0 radical (unpaired) electrons. The molecule has 2 aliphatic carbocycles. The normalized spacial score (nSPS) is 18.9. The lowest BCUT2D eigenvalue weighted by Crippen LogP contribution is -2.29. The second-order valence-corrected chi connectivity index (χ2v) is 8.56. The summed E-state index contributed by atoms with van der Waals surface area (Å²) in [4.78, 5) is 0. The predicted octanol–water partition coefficient (Wildman–Crippen LogP) is 7.88. The van der Waals surface area contributed by atoms with Gasteiger partial charge in [-0.05, 0) is 70.5 Å². The predicted molar refractivity (Wildman–Crippen MR) is 134 cm³/mol. The van der Waals surface area contributed by atoms with E-state index in [1.165, 1.54) is 33.4 Å². The van der Waals surface area contributed by atoms with Gasteiger partial charge in [0.2, 0.25) is 0 Å². The SMILES string of the molecule is C1=CC2=C(CC1)c1ccccc1C2(c1ccccc1)c1ccc(Nc2ccccc2)cc1. The van der Waals surface area contributed by atoms with Gasteiger partial charge in [0, 0.05) is 11.4 Å². The molecule has 1 atom stereocenters. The summed E-state index contributed by atoms with van der Waals surface area (Å²) in [7, 11) is 0. The van der Waals surface area contributed by atoms with Gasteiger partial charge in [-0.25, -0.2) is 0 Å². The van der Waals surface area contributed by atoms with Gasteiger partial charge in [0.1, 0.15) is 0 Å². The maximum Gasteiger partial charge on any atom is 0.0710 e. The second kappa shape index (κ2) is 7.69. The molecule has 0 saturated carbocycles. The third-order valence-corrected chi connectivity index (χ3v) is 6.82. The van der Waals surface area contributed by atoms with E-state index in [1.54, 1.807) is 0 Å². The lowest BCUT2D eigenvalue weighted by molar-refractivity contribution is 0.757. The fourth-order valence-corrected chi connectivity index (χ4v) is 5.48. The van der Waals surface area contributed by atoms with Gasteiger partial charge in [0.05, 0.1) is 5.41 Å². The molecule has 32 heavy (non-hydrogen) atoms. The molecule has 0 bridgehead atoms. The summed E-state index contributed by atoms with van der Waals surface area (Å²) in [5, 5.41) is 3.52. The molecule has 6 rings (SSSR count). The summed E-state index contributed by atoms with van der Waals surface area (Å²) in [5.74, 6) is 0. The standard InChI is InChI=1S/C31H25N/c1-3-11-23(12-4-1)31(24-19-21-26(22-20-24)32-25-13-5-2-6-14-25)29-17-9-7-15-27(29)28-16-8-10-18-30(28)31/h1-7,9-15,17-22,32H,8,16H2. The Labute approximate surface area is 189 Å². The molecule has 4 aromatic carbocycles. The van der Waals surface area contributed by atoms with E-state index in [2.05, 4.69) is 121 Å². The summed E-state index contributed by atoms with van der Waals surface area (Å²) in [6.45, 7) is 0. The molecule has 1 nitrogen and oxygen atoms in total. The third-order valence-electron chi connectivity index (χ3n) is 6.82. The van der Waals surface area contributed by atoms with Crippen molar-refractivity contribution >= 4 is 16.9 Å². The Hall–Kier alpha value is -3.84. The average Bonchev–Trinajstić information content (AvgIpc) is 3.17. The van der Waals surface area contributed by atoms with Crippen LogP contribution in [0.25, 0.3) is 5.57 Å². The monoisotopic (exact) mass is 411 g/mol. The molecule has 0 fully saturated rings. The van der Waals surface area contributed by atoms with Crippen LogP contribution in [-0.2, 0) is 5.41 Å². The molecule has 0 aliphatic heterocycles. The van der Waals surface area contributed by atoms with Crippen LogP contribution in [0, 0.1) is 0 Å². The van der Waals surface area contributed by atoms with Crippen LogP contribution in [-0.4, -0.2) is 0 Å². The van der Waals surface area contributed by atoms with E-state index in [9.17, 15) is 0 Å². The second-order valence-electron chi connectivity index (χ2n) is 8.56. The van der Waals surface area contributed by atoms with Crippen molar-refractivity contribution in [2.75, 3.05) is 5.32 Å². The Bertz CT molecular complexity index is 1310. The van der Waals surface area contributed by atoms with E-state index in [-0.39, 0.29) is 5.41 Å². The zero-order valence-corrected chi connectivity index (χ0v) is 18.0. The fourth-order valence-electron chi connectivity index (χ4n) is 5.48. The van der Waals surface area contributed by atoms with Crippen molar-refractivity contribution in [3.8, 4) is 0 Å². The first kappa shape index (κ1) is 18.9. The van der Waals surface area contributed by atoms with Crippen molar-refractivity contribution < 1.29 is 0 Å². The quantitative estimate of drug-likeness (QED) is 0.360.